The normalized spacial score (nSPS) is 17.1. The van der Waals surface area contributed by atoms with Crippen LogP contribution >= 0.6 is 11.3 Å². The summed E-state index contributed by atoms with van der Waals surface area (Å²) in [5.41, 5.74) is 0. The Labute approximate surface area is 144 Å². The van der Waals surface area contributed by atoms with E-state index in [0.29, 0.717) is 24.7 Å². The molecule has 0 aromatic carbocycles. The van der Waals surface area contributed by atoms with Crippen LogP contribution in [0.1, 0.15) is 13.3 Å². The molecule has 2 rings (SSSR count). The maximum atomic E-state index is 10.7. The van der Waals surface area contributed by atoms with Crippen LogP contribution in [0.5, 0.6) is 11.5 Å². The standard InChI is InChI=1S/C11H16O6S2.Na/c1-8(19(12,13)14)2-3-15-9-4-16-10-6-18-7-11(10)17-5-9;/h6-9H,2-5H2,1H3,(H,12,13,14);/q;+1/p-1. The molecular formula is C11H15NaO6S2. The van der Waals surface area contributed by atoms with Crippen LogP contribution in [0.25, 0.3) is 0 Å². The molecule has 0 fully saturated rings. The Hall–Kier alpha value is 0.170. The van der Waals surface area contributed by atoms with Crippen LogP contribution in [-0.2, 0) is 14.9 Å². The van der Waals surface area contributed by atoms with Crippen molar-refractivity contribution in [3.8, 4) is 11.5 Å². The van der Waals surface area contributed by atoms with Gasteiger partial charge in [0, 0.05) is 22.6 Å². The molecule has 0 amide bonds. The van der Waals surface area contributed by atoms with Crippen LogP contribution in [0.4, 0.5) is 0 Å². The van der Waals surface area contributed by atoms with Crippen molar-refractivity contribution >= 4 is 21.5 Å². The maximum absolute atomic E-state index is 10.7. The van der Waals surface area contributed by atoms with Crippen molar-refractivity contribution in [2.75, 3.05) is 19.8 Å². The minimum atomic E-state index is -4.24. The van der Waals surface area contributed by atoms with Crippen molar-refractivity contribution in [1.82, 2.24) is 0 Å². The first-order chi connectivity index (χ1) is 8.97. The molecule has 1 aliphatic heterocycles. The third kappa shape index (κ3) is 5.18. The summed E-state index contributed by atoms with van der Waals surface area (Å²) < 4.78 is 48.7. The van der Waals surface area contributed by atoms with Gasteiger partial charge in [-0.3, -0.25) is 0 Å². The molecule has 0 spiro atoms. The summed E-state index contributed by atoms with van der Waals surface area (Å²) in [7, 11) is -4.24. The zero-order chi connectivity index (χ0) is 13.9. The fourth-order valence-corrected chi connectivity index (χ4v) is 2.61. The molecule has 0 bridgehead atoms. The van der Waals surface area contributed by atoms with Crippen LogP contribution in [-0.4, -0.2) is 44.1 Å². The molecule has 1 aliphatic rings. The van der Waals surface area contributed by atoms with Crippen LogP contribution < -0.4 is 39.0 Å². The van der Waals surface area contributed by atoms with Gasteiger partial charge in [-0.2, -0.15) is 0 Å². The Morgan fingerprint density at radius 3 is 2.45 bits per heavy atom. The fourth-order valence-electron chi connectivity index (χ4n) is 1.54. The van der Waals surface area contributed by atoms with Gasteiger partial charge in [-0.25, -0.2) is 8.42 Å². The number of fused-ring (bicyclic) bond motifs is 1. The van der Waals surface area contributed by atoms with Crippen LogP contribution in [0, 0.1) is 0 Å². The number of hydrogen-bond donors (Lipinski definition) is 0. The Kier molecular flexibility index (Phi) is 7.27. The minimum absolute atomic E-state index is 0. The van der Waals surface area contributed by atoms with Gasteiger partial charge >= 0.3 is 29.6 Å². The van der Waals surface area contributed by atoms with Crippen molar-refractivity contribution in [2.45, 2.75) is 24.7 Å². The van der Waals surface area contributed by atoms with E-state index in [1.165, 1.54) is 18.3 Å². The zero-order valence-electron chi connectivity index (χ0n) is 11.4. The number of hydrogen-bond acceptors (Lipinski definition) is 7. The fraction of sp³-hybridized carbons (Fsp3) is 0.636. The molecule has 20 heavy (non-hydrogen) atoms. The van der Waals surface area contributed by atoms with Crippen molar-refractivity contribution < 1.29 is 56.7 Å². The largest absolute Gasteiger partial charge is 1.00 e. The SMILES string of the molecule is CC(CCOC1COc2cscc2OC1)S(=O)(=O)[O-].[Na+]. The molecule has 1 aromatic rings. The summed E-state index contributed by atoms with van der Waals surface area (Å²) in [6, 6.07) is 0. The molecule has 0 saturated heterocycles. The van der Waals surface area contributed by atoms with E-state index in [1.54, 1.807) is 0 Å². The van der Waals surface area contributed by atoms with Gasteiger partial charge in [-0.1, -0.05) is 0 Å². The molecular weight excluding hydrogens is 315 g/mol. The predicted molar refractivity (Wildman–Crippen MR) is 68.8 cm³/mol. The first-order valence-corrected chi connectivity index (χ1v) is 8.26. The van der Waals surface area contributed by atoms with E-state index < -0.39 is 15.4 Å². The molecule has 0 N–H and O–H groups in total. The average molecular weight is 330 g/mol. The Morgan fingerprint density at radius 1 is 1.40 bits per heavy atom. The van der Waals surface area contributed by atoms with Gasteiger partial charge in [0.2, 0.25) is 0 Å². The Balaban J connectivity index is 0.00000200. The second-order valence-electron chi connectivity index (χ2n) is 4.31. The van der Waals surface area contributed by atoms with Crippen molar-refractivity contribution in [3.05, 3.63) is 10.8 Å². The summed E-state index contributed by atoms with van der Waals surface area (Å²) in [6.07, 6.45) is -0.0946. The van der Waals surface area contributed by atoms with Crippen LogP contribution in [0.15, 0.2) is 10.8 Å². The second-order valence-corrected chi connectivity index (χ2v) is 6.84. The summed E-state index contributed by atoms with van der Waals surface area (Å²) >= 11 is 1.50. The van der Waals surface area contributed by atoms with Gasteiger partial charge in [0.1, 0.15) is 19.3 Å². The topological polar surface area (TPSA) is 84.9 Å². The van der Waals surface area contributed by atoms with E-state index >= 15 is 0 Å². The van der Waals surface area contributed by atoms with Gasteiger partial charge in [0.25, 0.3) is 0 Å². The van der Waals surface area contributed by atoms with Crippen LogP contribution in [0.3, 0.4) is 0 Å². The Bertz CT molecular complexity index is 492. The third-order valence-corrected chi connectivity index (χ3v) is 4.73. The molecule has 0 aliphatic carbocycles. The summed E-state index contributed by atoms with van der Waals surface area (Å²) in [6.45, 7) is 2.26. The number of ether oxygens (including phenoxy) is 3. The van der Waals surface area contributed by atoms with Crippen molar-refractivity contribution in [2.24, 2.45) is 0 Å². The summed E-state index contributed by atoms with van der Waals surface area (Å²) in [4.78, 5) is 0. The van der Waals surface area contributed by atoms with Gasteiger partial charge in [0.15, 0.2) is 11.5 Å². The minimum Gasteiger partial charge on any atom is -0.748 e. The molecule has 1 atom stereocenters. The molecule has 1 aromatic heterocycles. The zero-order valence-corrected chi connectivity index (χ0v) is 15.0. The average Bonchev–Trinajstić information content (AvgIpc) is 2.70. The second kappa shape index (κ2) is 7.98. The molecule has 0 radical (unpaired) electrons. The first-order valence-electron chi connectivity index (χ1n) is 5.85. The van der Waals surface area contributed by atoms with E-state index in [0.717, 1.165) is 0 Å². The van der Waals surface area contributed by atoms with E-state index in [9.17, 15) is 13.0 Å². The van der Waals surface area contributed by atoms with E-state index in [4.69, 9.17) is 14.2 Å². The first kappa shape index (κ1) is 18.2. The molecule has 1 unspecified atom stereocenters. The van der Waals surface area contributed by atoms with Gasteiger partial charge < -0.3 is 18.8 Å². The van der Waals surface area contributed by atoms with E-state index in [-0.39, 0.29) is 48.7 Å². The van der Waals surface area contributed by atoms with Crippen LogP contribution in [0.2, 0.25) is 0 Å². The smallest absolute Gasteiger partial charge is 0.748 e. The third-order valence-electron chi connectivity index (χ3n) is 2.81. The molecule has 108 valence electrons. The number of rotatable bonds is 5. The molecule has 6 nitrogen and oxygen atoms in total. The quantitative estimate of drug-likeness (QED) is 0.469. The van der Waals surface area contributed by atoms with E-state index in [1.807, 2.05) is 10.8 Å². The molecule has 2 heterocycles. The monoisotopic (exact) mass is 330 g/mol. The van der Waals surface area contributed by atoms with Crippen molar-refractivity contribution in [1.29, 1.82) is 0 Å². The van der Waals surface area contributed by atoms with Gasteiger partial charge in [0.05, 0.1) is 10.1 Å². The van der Waals surface area contributed by atoms with Crippen molar-refractivity contribution in [3.63, 3.8) is 0 Å². The number of thiophene rings is 1. The summed E-state index contributed by atoms with van der Waals surface area (Å²) in [5, 5.41) is 2.76. The van der Waals surface area contributed by atoms with Gasteiger partial charge in [-0.15, -0.1) is 11.3 Å². The Morgan fingerprint density at radius 2 is 1.95 bits per heavy atom. The molecule has 0 saturated carbocycles. The van der Waals surface area contributed by atoms with E-state index in [2.05, 4.69) is 0 Å². The predicted octanol–water partition coefficient (Wildman–Crippen LogP) is -1.77. The maximum Gasteiger partial charge on any atom is 1.00 e. The summed E-state index contributed by atoms with van der Waals surface area (Å²) in [5.74, 6) is 1.40. The van der Waals surface area contributed by atoms with Gasteiger partial charge in [-0.05, 0) is 13.3 Å². The molecule has 9 heteroatoms.